The van der Waals surface area contributed by atoms with Crippen LogP contribution in [-0.2, 0) is 9.59 Å². The number of thiazole rings is 1. The van der Waals surface area contributed by atoms with Gasteiger partial charge in [0.25, 0.3) is 0 Å². The number of halogens is 1. The Kier molecular flexibility index (Phi) is 4.22. The van der Waals surface area contributed by atoms with Gasteiger partial charge in [-0.25, -0.2) is 9.29 Å². The monoisotopic (exact) mass is 426 g/mol. The Hall–Kier alpha value is -2.71. The Labute approximate surface area is 173 Å². The van der Waals surface area contributed by atoms with Crippen LogP contribution >= 0.6 is 23.1 Å². The number of nitrogens with one attached hydrogen (secondary N) is 1. The molecule has 3 aromatic rings. The minimum absolute atomic E-state index is 0.198. The molecule has 2 aliphatic heterocycles. The molecule has 3 unspecified atom stereocenters. The number of benzene rings is 2. The molecule has 0 aliphatic carbocycles. The second kappa shape index (κ2) is 6.67. The van der Waals surface area contributed by atoms with Gasteiger partial charge in [-0.2, -0.15) is 0 Å². The fourth-order valence-corrected chi connectivity index (χ4v) is 6.64. The topological polar surface area (TPSA) is 70.2 Å². The second-order valence-corrected chi connectivity index (χ2v) is 9.26. The number of carbonyl (C=O) groups is 2. The van der Waals surface area contributed by atoms with E-state index in [4.69, 9.17) is 0 Å². The first-order valence-electron chi connectivity index (χ1n) is 9.04. The van der Waals surface area contributed by atoms with Crippen LogP contribution in [0.15, 0.2) is 58.4 Å². The molecule has 1 N–H and O–H groups in total. The minimum Gasteiger partial charge on any atom is -0.307 e. The molecule has 0 radical (unpaired) electrons. The van der Waals surface area contributed by atoms with Gasteiger partial charge in [-0.05, 0) is 42.3 Å². The number of H-pyrrole nitrogens is 1. The smallest absolute Gasteiger partial charge is 0.305 e. The summed E-state index contributed by atoms with van der Waals surface area (Å²) < 4.78 is 13.3. The Morgan fingerprint density at radius 3 is 2.45 bits per heavy atom. The van der Waals surface area contributed by atoms with Crippen molar-refractivity contribution in [1.82, 2.24) is 4.98 Å². The molecule has 0 saturated carbocycles. The van der Waals surface area contributed by atoms with Gasteiger partial charge in [0.1, 0.15) is 11.1 Å². The zero-order chi connectivity index (χ0) is 20.3. The number of nitrogens with zero attached hydrogens (tertiary/aromatic N) is 1. The number of rotatable bonds is 2. The van der Waals surface area contributed by atoms with Crippen LogP contribution in [0.3, 0.4) is 0 Å². The molecule has 29 heavy (non-hydrogen) atoms. The zero-order valence-electron chi connectivity index (χ0n) is 15.2. The van der Waals surface area contributed by atoms with Crippen molar-refractivity contribution in [3.63, 3.8) is 0 Å². The van der Waals surface area contributed by atoms with E-state index in [0.717, 1.165) is 32.2 Å². The van der Waals surface area contributed by atoms with Gasteiger partial charge >= 0.3 is 4.87 Å². The minimum atomic E-state index is -0.644. The molecule has 2 amide bonds. The zero-order valence-corrected chi connectivity index (χ0v) is 16.9. The molecule has 146 valence electrons. The van der Waals surface area contributed by atoms with Crippen LogP contribution in [0.1, 0.15) is 21.9 Å². The molecule has 0 bridgehead atoms. The highest BCUT2D eigenvalue weighted by molar-refractivity contribution is 8.00. The van der Waals surface area contributed by atoms with Gasteiger partial charge in [0.2, 0.25) is 11.8 Å². The first-order chi connectivity index (χ1) is 14.0. The molecule has 3 atom stereocenters. The molecular formula is C21H15FN2O3S2. The Morgan fingerprint density at radius 2 is 1.72 bits per heavy atom. The maximum Gasteiger partial charge on any atom is 0.305 e. The highest BCUT2D eigenvalue weighted by Gasteiger charge is 2.56. The maximum absolute atomic E-state index is 13.5. The van der Waals surface area contributed by atoms with E-state index in [1.54, 1.807) is 0 Å². The maximum atomic E-state index is 13.5. The standard InChI is InChI=1S/C21H15FN2O3S2/c1-10-4-2-3-5-13(10)14-15-17(28-18-16(14)29-21(27)23-18)20(26)24(19(15)25)12-8-6-11(22)7-9-12/h2-9,14-15,17H,1H3,(H,23,27). The number of hydrogen-bond donors (Lipinski definition) is 1. The average molecular weight is 426 g/mol. The van der Waals surface area contributed by atoms with E-state index in [0.29, 0.717) is 10.7 Å². The molecule has 1 aromatic heterocycles. The summed E-state index contributed by atoms with van der Waals surface area (Å²) in [7, 11) is 0. The summed E-state index contributed by atoms with van der Waals surface area (Å²) in [6.07, 6.45) is 0. The van der Waals surface area contributed by atoms with Gasteiger partial charge in [-0.3, -0.25) is 14.4 Å². The molecule has 2 aromatic carbocycles. The number of fused-ring (bicyclic) bond motifs is 2. The van der Waals surface area contributed by atoms with Crippen LogP contribution in [-0.4, -0.2) is 22.0 Å². The van der Waals surface area contributed by atoms with Crippen molar-refractivity contribution in [2.75, 3.05) is 4.90 Å². The number of aromatic nitrogens is 1. The summed E-state index contributed by atoms with van der Waals surface area (Å²) in [5, 5.41) is 0.00604. The lowest BCUT2D eigenvalue weighted by molar-refractivity contribution is -0.122. The van der Waals surface area contributed by atoms with Gasteiger partial charge in [0, 0.05) is 10.8 Å². The number of hydrogen-bond acceptors (Lipinski definition) is 5. The lowest BCUT2D eigenvalue weighted by Gasteiger charge is -2.30. The Morgan fingerprint density at radius 1 is 1.00 bits per heavy atom. The lowest BCUT2D eigenvalue weighted by atomic mass is 9.81. The number of aromatic amines is 1. The van der Waals surface area contributed by atoms with Crippen LogP contribution in [0.4, 0.5) is 10.1 Å². The van der Waals surface area contributed by atoms with Gasteiger partial charge in [0.15, 0.2) is 0 Å². The molecule has 5 rings (SSSR count). The SMILES string of the molecule is Cc1ccccc1C1c2sc(=O)[nH]c2SC2C(=O)N(c3ccc(F)cc3)C(=O)C21. The number of amides is 2. The van der Waals surface area contributed by atoms with E-state index in [-0.39, 0.29) is 22.6 Å². The fraction of sp³-hybridized carbons (Fsp3) is 0.190. The Balaban J connectivity index is 1.67. The van der Waals surface area contributed by atoms with Crippen LogP contribution in [0, 0.1) is 18.7 Å². The fourth-order valence-electron chi connectivity index (χ4n) is 4.13. The largest absolute Gasteiger partial charge is 0.307 e. The van der Waals surface area contributed by atoms with Crippen LogP contribution in [0.2, 0.25) is 0 Å². The highest BCUT2D eigenvalue weighted by atomic mass is 32.2. The van der Waals surface area contributed by atoms with Crippen LogP contribution < -0.4 is 9.77 Å². The first kappa shape index (κ1) is 18.3. The van der Waals surface area contributed by atoms with Crippen molar-refractivity contribution < 1.29 is 14.0 Å². The summed E-state index contributed by atoms with van der Waals surface area (Å²) in [5.74, 6) is -2.11. The molecule has 0 spiro atoms. The van der Waals surface area contributed by atoms with Crippen LogP contribution in [0.5, 0.6) is 0 Å². The van der Waals surface area contributed by atoms with E-state index in [1.165, 1.54) is 36.0 Å². The third-order valence-corrected chi connectivity index (χ3v) is 7.83. The highest BCUT2D eigenvalue weighted by Crippen LogP contribution is 2.53. The summed E-state index contributed by atoms with van der Waals surface area (Å²) in [6.45, 7) is 1.96. The lowest BCUT2D eigenvalue weighted by Crippen LogP contribution is -2.32. The molecule has 8 heteroatoms. The predicted octanol–water partition coefficient (Wildman–Crippen LogP) is 3.68. The van der Waals surface area contributed by atoms with Gasteiger partial charge in [-0.15, -0.1) is 0 Å². The Bertz CT molecular complexity index is 1200. The molecule has 3 heterocycles. The quantitative estimate of drug-likeness (QED) is 0.635. The van der Waals surface area contributed by atoms with E-state index in [9.17, 15) is 18.8 Å². The number of thioether (sulfide) groups is 1. The molecular weight excluding hydrogens is 411 g/mol. The number of carbonyl (C=O) groups excluding carboxylic acids is 2. The number of aryl methyl sites for hydroxylation is 1. The van der Waals surface area contributed by atoms with E-state index < -0.39 is 17.0 Å². The summed E-state index contributed by atoms with van der Waals surface area (Å²) in [6, 6.07) is 13.1. The van der Waals surface area contributed by atoms with Crippen molar-refractivity contribution in [2.45, 2.75) is 23.1 Å². The molecule has 5 nitrogen and oxygen atoms in total. The third kappa shape index (κ3) is 2.78. The van der Waals surface area contributed by atoms with Gasteiger partial charge in [0.05, 0.1) is 16.6 Å². The van der Waals surface area contributed by atoms with E-state index in [1.807, 2.05) is 31.2 Å². The predicted molar refractivity (Wildman–Crippen MR) is 110 cm³/mol. The van der Waals surface area contributed by atoms with Crippen molar-refractivity contribution in [2.24, 2.45) is 5.92 Å². The summed E-state index contributed by atoms with van der Waals surface area (Å²) in [4.78, 5) is 43.3. The first-order valence-corrected chi connectivity index (χ1v) is 10.7. The normalized spacial score (nSPS) is 23.2. The van der Waals surface area contributed by atoms with Crippen molar-refractivity contribution >= 4 is 40.6 Å². The molecule has 1 saturated heterocycles. The number of anilines is 1. The molecule has 1 fully saturated rings. The van der Waals surface area contributed by atoms with Crippen LogP contribution in [0.25, 0.3) is 0 Å². The number of imide groups is 1. The van der Waals surface area contributed by atoms with Gasteiger partial charge in [-0.1, -0.05) is 47.4 Å². The third-order valence-electron chi connectivity index (χ3n) is 5.43. The van der Waals surface area contributed by atoms with Crippen molar-refractivity contribution in [3.8, 4) is 0 Å². The summed E-state index contributed by atoms with van der Waals surface area (Å²) in [5.41, 5.74) is 2.29. The average Bonchev–Trinajstić information content (AvgIpc) is 3.19. The van der Waals surface area contributed by atoms with Gasteiger partial charge < -0.3 is 4.98 Å². The van der Waals surface area contributed by atoms with E-state index >= 15 is 0 Å². The molecule has 2 aliphatic rings. The summed E-state index contributed by atoms with van der Waals surface area (Å²) >= 11 is 2.32. The second-order valence-electron chi connectivity index (χ2n) is 7.09. The van der Waals surface area contributed by atoms with Crippen molar-refractivity contribution in [3.05, 3.63) is 80.0 Å². The van der Waals surface area contributed by atoms with E-state index in [2.05, 4.69) is 4.98 Å². The van der Waals surface area contributed by atoms with Crippen molar-refractivity contribution in [1.29, 1.82) is 0 Å².